The van der Waals surface area contributed by atoms with E-state index in [0.29, 0.717) is 23.4 Å². The molecule has 1 saturated heterocycles. The van der Waals surface area contributed by atoms with Crippen LogP contribution in [0.2, 0.25) is 0 Å². The van der Waals surface area contributed by atoms with Gasteiger partial charge in [0.1, 0.15) is 6.26 Å². The van der Waals surface area contributed by atoms with Crippen molar-refractivity contribution in [3.05, 3.63) is 22.6 Å². The Morgan fingerprint density at radius 3 is 2.94 bits per heavy atom. The van der Waals surface area contributed by atoms with Gasteiger partial charge in [-0.1, -0.05) is 0 Å². The first kappa shape index (κ1) is 11.7. The van der Waals surface area contributed by atoms with Gasteiger partial charge in [-0.2, -0.15) is 0 Å². The highest BCUT2D eigenvalue weighted by atomic mass is 79.9. The summed E-state index contributed by atoms with van der Waals surface area (Å²) in [7, 11) is 0. The molecule has 0 radical (unpaired) electrons. The third-order valence-electron chi connectivity index (χ3n) is 2.68. The molecule has 88 valence electrons. The van der Waals surface area contributed by atoms with E-state index in [1.807, 2.05) is 18.7 Å². The fraction of sp³-hybridized carbons (Fsp3) is 0.545. The third kappa shape index (κ3) is 2.30. The molecule has 16 heavy (non-hydrogen) atoms. The van der Waals surface area contributed by atoms with Gasteiger partial charge in [-0.15, -0.1) is 0 Å². The molecule has 1 fully saturated rings. The summed E-state index contributed by atoms with van der Waals surface area (Å²) >= 11 is 3.19. The van der Waals surface area contributed by atoms with Gasteiger partial charge in [0.2, 0.25) is 0 Å². The lowest BCUT2D eigenvalue weighted by molar-refractivity contribution is -0.0387. The maximum absolute atomic E-state index is 12.2. The minimum Gasteiger partial charge on any atom is -0.457 e. The van der Waals surface area contributed by atoms with Crippen molar-refractivity contribution in [3.63, 3.8) is 0 Å². The third-order valence-corrected chi connectivity index (χ3v) is 3.10. The number of amides is 1. The van der Waals surface area contributed by atoms with Crippen molar-refractivity contribution in [3.8, 4) is 0 Å². The molecule has 0 saturated carbocycles. The highest BCUT2D eigenvalue weighted by Crippen LogP contribution is 2.19. The number of nitrogens with zero attached hydrogens (tertiary/aromatic N) is 1. The zero-order chi connectivity index (χ0) is 11.7. The molecule has 0 unspecified atom stereocenters. The topological polar surface area (TPSA) is 42.7 Å². The molecule has 1 aliphatic rings. The number of halogens is 1. The molecule has 0 aromatic carbocycles. The van der Waals surface area contributed by atoms with Crippen molar-refractivity contribution in [2.75, 3.05) is 13.2 Å². The van der Waals surface area contributed by atoms with E-state index in [9.17, 15) is 4.79 Å². The van der Waals surface area contributed by atoms with Gasteiger partial charge >= 0.3 is 0 Å². The zero-order valence-corrected chi connectivity index (χ0v) is 10.9. The molecule has 4 nitrogen and oxygen atoms in total. The molecule has 1 aromatic rings. The minimum absolute atomic E-state index is 0.00269. The number of furan rings is 1. The number of rotatable bonds is 1. The molecule has 0 spiro atoms. The Labute approximate surface area is 103 Å². The lowest BCUT2D eigenvalue weighted by Crippen LogP contribution is -2.50. The summed E-state index contributed by atoms with van der Waals surface area (Å²) in [5, 5.41) is 0. The van der Waals surface area contributed by atoms with E-state index < -0.39 is 0 Å². The van der Waals surface area contributed by atoms with Gasteiger partial charge in [-0.3, -0.25) is 4.79 Å². The Balaban J connectivity index is 2.14. The summed E-state index contributed by atoms with van der Waals surface area (Å²) in [6, 6.07) is 1.80. The Morgan fingerprint density at radius 2 is 2.31 bits per heavy atom. The van der Waals surface area contributed by atoms with Crippen LogP contribution in [0.1, 0.15) is 24.2 Å². The van der Waals surface area contributed by atoms with Gasteiger partial charge in [0.05, 0.1) is 24.3 Å². The number of hydrogen-bond donors (Lipinski definition) is 0. The van der Waals surface area contributed by atoms with Crippen LogP contribution >= 0.6 is 15.9 Å². The fourth-order valence-corrected chi connectivity index (χ4v) is 2.11. The Bertz CT molecular complexity index is 390. The predicted octanol–water partition coefficient (Wildman–Crippen LogP) is 2.29. The summed E-state index contributed by atoms with van der Waals surface area (Å²) in [5.74, 6) is -0.00269. The molecule has 0 bridgehead atoms. The normalized spacial score (nSPS) is 25.8. The van der Waals surface area contributed by atoms with Crippen LogP contribution in [0.4, 0.5) is 0 Å². The maximum Gasteiger partial charge on any atom is 0.257 e. The SMILES string of the molecule is C[C@@H]1CO[C@@H](C)CN1C(=O)c1coc(Br)c1. The Morgan fingerprint density at radius 1 is 1.56 bits per heavy atom. The number of morpholine rings is 1. The highest BCUT2D eigenvalue weighted by Gasteiger charge is 2.28. The molecule has 2 atom stereocenters. The van der Waals surface area contributed by atoms with Crippen LogP contribution in [0.15, 0.2) is 21.4 Å². The summed E-state index contributed by atoms with van der Waals surface area (Å²) in [4.78, 5) is 14.0. The summed E-state index contributed by atoms with van der Waals surface area (Å²) < 4.78 is 11.1. The predicted molar refractivity (Wildman–Crippen MR) is 62.3 cm³/mol. The first-order valence-corrected chi connectivity index (χ1v) is 6.04. The molecule has 1 aromatic heterocycles. The van der Waals surface area contributed by atoms with E-state index in [1.165, 1.54) is 6.26 Å². The van der Waals surface area contributed by atoms with E-state index in [-0.39, 0.29) is 18.1 Å². The van der Waals surface area contributed by atoms with Crippen LogP contribution in [0.5, 0.6) is 0 Å². The molecular weight excluding hydrogens is 274 g/mol. The van der Waals surface area contributed by atoms with Gasteiger partial charge in [-0.05, 0) is 29.8 Å². The summed E-state index contributed by atoms with van der Waals surface area (Å²) in [6.07, 6.45) is 1.56. The fourth-order valence-electron chi connectivity index (χ4n) is 1.77. The molecule has 0 aliphatic carbocycles. The van der Waals surface area contributed by atoms with Crippen molar-refractivity contribution < 1.29 is 13.9 Å². The smallest absolute Gasteiger partial charge is 0.257 e. The zero-order valence-electron chi connectivity index (χ0n) is 9.27. The lowest BCUT2D eigenvalue weighted by atomic mass is 10.1. The van der Waals surface area contributed by atoms with Gasteiger partial charge in [0, 0.05) is 12.6 Å². The average Bonchev–Trinajstić information content (AvgIpc) is 2.67. The van der Waals surface area contributed by atoms with Crippen LogP contribution in [0, 0.1) is 0 Å². The van der Waals surface area contributed by atoms with Gasteiger partial charge in [-0.25, -0.2) is 0 Å². The highest BCUT2D eigenvalue weighted by molar-refractivity contribution is 9.10. The van der Waals surface area contributed by atoms with Crippen molar-refractivity contribution in [2.24, 2.45) is 0 Å². The van der Waals surface area contributed by atoms with Crippen LogP contribution in [0.25, 0.3) is 0 Å². The molecular formula is C11H14BrNO3. The molecule has 0 N–H and O–H groups in total. The number of carbonyl (C=O) groups is 1. The number of carbonyl (C=O) groups excluding carboxylic acids is 1. The molecule has 5 heteroatoms. The van der Waals surface area contributed by atoms with Crippen molar-refractivity contribution in [2.45, 2.75) is 26.0 Å². The quantitative estimate of drug-likeness (QED) is 0.796. The second-order valence-corrected chi connectivity index (χ2v) is 4.87. The lowest BCUT2D eigenvalue weighted by Gasteiger charge is -2.36. The van der Waals surface area contributed by atoms with Crippen LogP contribution in [-0.4, -0.2) is 36.1 Å². The second kappa shape index (κ2) is 4.59. The minimum atomic E-state index is -0.00269. The van der Waals surface area contributed by atoms with Crippen molar-refractivity contribution in [1.82, 2.24) is 4.90 Å². The van der Waals surface area contributed by atoms with Gasteiger partial charge < -0.3 is 14.1 Å². The van der Waals surface area contributed by atoms with Crippen molar-refractivity contribution >= 4 is 21.8 Å². The van der Waals surface area contributed by atoms with E-state index in [0.717, 1.165) is 0 Å². The Hall–Kier alpha value is -0.810. The second-order valence-electron chi connectivity index (χ2n) is 4.09. The van der Waals surface area contributed by atoms with E-state index in [1.54, 1.807) is 6.07 Å². The molecule has 1 amide bonds. The van der Waals surface area contributed by atoms with Gasteiger partial charge in [0.25, 0.3) is 5.91 Å². The molecule has 1 aliphatic heterocycles. The maximum atomic E-state index is 12.2. The largest absolute Gasteiger partial charge is 0.457 e. The number of ether oxygens (including phenoxy) is 1. The summed E-state index contributed by atoms with van der Waals surface area (Å²) in [5.41, 5.74) is 0.577. The first-order chi connectivity index (χ1) is 7.58. The van der Waals surface area contributed by atoms with Crippen LogP contribution in [-0.2, 0) is 4.74 Å². The average molecular weight is 288 g/mol. The number of hydrogen-bond acceptors (Lipinski definition) is 3. The van der Waals surface area contributed by atoms with Gasteiger partial charge in [0.15, 0.2) is 4.67 Å². The van der Waals surface area contributed by atoms with E-state index in [2.05, 4.69) is 15.9 Å². The monoisotopic (exact) mass is 287 g/mol. The van der Waals surface area contributed by atoms with E-state index >= 15 is 0 Å². The van der Waals surface area contributed by atoms with Crippen LogP contribution in [0.3, 0.4) is 0 Å². The summed E-state index contributed by atoms with van der Waals surface area (Å²) in [6.45, 7) is 5.17. The molecule has 2 heterocycles. The molecule has 2 rings (SSSR count). The Kier molecular flexibility index (Phi) is 3.35. The van der Waals surface area contributed by atoms with Crippen LogP contribution < -0.4 is 0 Å². The standard InChI is InChI=1S/C11H14BrNO3/c1-7-5-15-8(2)4-13(7)11(14)9-3-10(12)16-6-9/h3,6-8H,4-5H2,1-2H3/t7-,8+/m1/s1. The van der Waals surface area contributed by atoms with Crippen molar-refractivity contribution in [1.29, 1.82) is 0 Å². The first-order valence-electron chi connectivity index (χ1n) is 5.24. The van der Waals surface area contributed by atoms with E-state index in [4.69, 9.17) is 9.15 Å².